The maximum atomic E-state index is 5.69. The van der Waals surface area contributed by atoms with Gasteiger partial charge in [-0.3, -0.25) is 0 Å². The van der Waals surface area contributed by atoms with Crippen molar-refractivity contribution in [1.82, 2.24) is 4.98 Å². The molecule has 2 aromatic rings. The molecule has 0 atom stereocenters. The van der Waals surface area contributed by atoms with Gasteiger partial charge in [0.2, 0.25) is 5.88 Å². The molecule has 0 fully saturated rings. The maximum absolute atomic E-state index is 5.69. The van der Waals surface area contributed by atoms with E-state index in [1.54, 1.807) is 0 Å². The molecule has 0 aliphatic carbocycles. The molecule has 1 aromatic heterocycles. The van der Waals surface area contributed by atoms with E-state index in [1.807, 2.05) is 39.0 Å². The SMILES string of the molecule is CCOc1[nH]c2cccc(OCC)c2c1OCC. The Morgan fingerprint density at radius 2 is 1.67 bits per heavy atom. The van der Waals surface area contributed by atoms with Crippen LogP contribution in [0.25, 0.3) is 10.9 Å². The van der Waals surface area contributed by atoms with Crippen LogP contribution < -0.4 is 14.2 Å². The van der Waals surface area contributed by atoms with Gasteiger partial charge in [0, 0.05) is 0 Å². The fourth-order valence-corrected chi connectivity index (χ4v) is 1.97. The van der Waals surface area contributed by atoms with E-state index < -0.39 is 0 Å². The van der Waals surface area contributed by atoms with Gasteiger partial charge in [-0.1, -0.05) is 6.07 Å². The first-order valence-electron chi connectivity index (χ1n) is 6.34. The average molecular weight is 249 g/mol. The smallest absolute Gasteiger partial charge is 0.235 e. The van der Waals surface area contributed by atoms with Crippen LogP contribution in [-0.2, 0) is 0 Å². The minimum absolute atomic E-state index is 0.591. The zero-order valence-electron chi connectivity index (χ0n) is 11.1. The number of aromatic amines is 1. The summed E-state index contributed by atoms with van der Waals surface area (Å²) in [5, 5.41) is 0.949. The molecule has 4 nitrogen and oxygen atoms in total. The van der Waals surface area contributed by atoms with E-state index in [1.165, 1.54) is 0 Å². The van der Waals surface area contributed by atoms with Gasteiger partial charge in [-0.15, -0.1) is 0 Å². The van der Waals surface area contributed by atoms with Gasteiger partial charge in [0.05, 0.1) is 30.7 Å². The summed E-state index contributed by atoms with van der Waals surface area (Å²) in [5.74, 6) is 2.22. The topological polar surface area (TPSA) is 43.5 Å². The molecule has 4 heteroatoms. The minimum Gasteiger partial charge on any atom is -0.493 e. The van der Waals surface area contributed by atoms with E-state index in [0.29, 0.717) is 25.7 Å². The van der Waals surface area contributed by atoms with Crippen LogP contribution in [0.2, 0.25) is 0 Å². The number of fused-ring (bicyclic) bond motifs is 1. The van der Waals surface area contributed by atoms with Gasteiger partial charge in [-0.05, 0) is 32.9 Å². The van der Waals surface area contributed by atoms with Gasteiger partial charge in [-0.25, -0.2) is 0 Å². The number of nitrogens with one attached hydrogen (secondary N) is 1. The van der Waals surface area contributed by atoms with Gasteiger partial charge < -0.3 is 19.2 Å². The summed E-state index contributed by atoms with van der Waals surface area (Å²) in [6, 6.07) is 5.89. The van der Waals surface area contributed by atoms with E-state index in [-0.39, 0.29) is 0 Å². The van der Waals surface area contributed by atoms with Crippen LogP contribution in [0.4, 0.5) is 0 Å². The highest BCUT2D eigenvalue weighted by Gasteiger charge is 2.17. The van der Waals surface area contributed by atoms with Crippen molar-refractivity contribution in [2.24, 2.45) is 0 Å². The van der Waals surface area contributed by atoms with Crippen molar-refractivity contribution in [3.63, 3.8) is 0 Å². The standard InChI is InChI=1S/C14H19NO3/c1-4-16-11-9-7-8-10-12(11)13(17-5-2)14(15-10)18-6-3/h7-9,15H,4-6H2,1-3H3. The predicted octanol–water partition coefficient (Wildman–Crippen LogP) is 3.36. The Bertz CT molecular complexity index is 519. The third-order valence-electron chi connectivity index (χ3n) is 2.58. The van der Waals surface area contributed by atoms with E-state index >= 15 is 0 Å². The van der Waals surface area contributed by atoms with Crippen LogP contribution in [0.5, 0.6) is 17.4 Å². The van der Waals surface area contributed by atoms with Crippen molar-refractivity contribution >= 4 is 10.9 Å². The number of H-pyrrole nitrogens is 1. The van der Waals surface area contributed by atoms with Crippen LogP contribution in [0.1, 0.15) is 20.8 Å². The highest BCUT2D eigenvalue weighted by Crippen LogP contribution is 2.41. The first-order chi connectivity index (χ1) is 8.81. The highest BCUT2D eigenvalue weighted by atomic mass is 16.5. The van der Waals surface area contributed by atoms with Crippen molar-refractivity contribution in [2.75, 3.05) is 19.8 Å². The van der Waals surface area contributed by atoms with Crippen molar-refractivity contribution in [2.45, 2.75) is 20.8 Å². The van der Waals surface area contributed by atoms with Gasteiger partial charge >= 0.3 is 0 Å². The Hall–Kier alpha value is -1.84. The summed E-state index contributed by atoms with van der Waals surface area (Å²) in [5.41, 5.74) is 0.966. The summed E-state index contributed by atoms with van der Waals surface area (Å²) in [6.45, 7) is 7.68. The third-order valence-corrected chi connectivity index (χ3v) is 2.58. The third kappa shape index (κ3) is 2.23. The fourth-order valence-electron chi connectivity index (χ4n) is 1.97. The van der Waals surface area contributed by atoms with Gasteiger partial charge in [0.25, 0.3) is 0 Å². The Balaban J connectivity index is 2.58. The summed E-state index contributed by atoms with van der Waals surface area (Å²) >= 11 is 0. The van der Waals surface area contributed by atoms with Crippen LogP contribution in [0.15, 0.2) is 18.2 Å². The first kappa shape index (κ1) is 12.6. The molecular weight excluding hydrogens is 230 g/mol. The number of rotatable bonds is 6. The molecule has 2 rings (SSSR count). The monoisotopic (exact) mass is 249 g/mol. The van der Waals surface area contributed by atoms with Gasteiger partial charge in [-0.2, -0.15) is 0 Å². The second-order valence-corrected chi connectivity index (χ2v) is 3.76. The number of hydrogen-bond acceptors (Lipinski definition) is 3. The fraction of sp³-hybridized carbons (Fsp3) is 0.429. The summed E-state index contributed by atoms with van der Waals surface area (Å²) in [6.07, 6.45) is 0. The molecule has 0 unspecified atom stereocenters. The first-order valence-corrected chi connectivity index (χ1v) is 6.34. The molecule has 0 saturated heterocycles. The Morgan fingerprint density at radius 3 is 2.33 bits per heavy atom. The molecule has 0 amide bonds. The zero-order chi connectivity index (χ0) is 13.0. The molecule has 98 valence electrons. The molecule has 1 heterocycles. The normalized spacial score (nSPS) is 10.6. The molecule has 0 spiro atoms. The lowest BCUT2D eigenvalue weighted by Crippen LogP contribution is -1.97. The van der Waals surface area contributed by atoms with Crippen molar-refractivity contribution in [3.8, 4) is 17.4 Å². The Kier molecular flexibility index (Phi) is 3.97. The highest BCUT2D eigenvalue weighted by molar-refractivity contribution is 5.94. The molecule has 1 aromatic carbocycles. The molecule has 0 radical (unpaired) electrons. The van der Waals surface area contributed by atoms with Crippen molar-refractivity contribution in [3.05, 3.63) is 18.2 Å². The molecule has 1 N–H and O–H groups in total. The maximum Gasteiger partial charge on any atom is 0.235 e. The van der Waals surface area contributed by atoms with Gasteiger partial charge in [0.1, 0.15) is 5.75 Å². The second kappa shape index (κ2) is 5.67. The predicted molar refractivity (Wildman–Crippen MR) is 71.8 cm³/mol. The molecular formula is C14H19NO3. The summed E-state index contributed by atoms with van der Waals surface area (Å²) < 4.78 is 16.9. The molecule has 18 heavy (non-hydrogen) atoms. The molecule has 0 aliphatic rings. The lowest BCUT2D eigenvalue weighted by molar-refractivity contribution is 0.283. The molecule has 0 saturated carbocycles. The summed E-state index contributed by atoms with van der Waals surface area (Å²) in [7, 11) is 0. The lowest BCUT2D eigenvalue weighted by atomic mass is 10.2. The van der Waals surface area contributed by atoms with E-state index in [2.05, 4.69) is 4.98 Å². The number of hydrogen-bond donors (Lipinski definition) is 1. The Morgan fingerprint density at radius 1 is 0.944 bits per heavy atom. The number of ether oxygens (including phenoxy) is 3. The summed E-state index contributed by atoms with van der Waals surface area (Å²) in [4.78, 5) is 3.22. The average Bonchev–Trinajstić information content (AvgIpc) is 2.70. The second-order valence-electron chi connectivity index (χ2n) is 3.76. The van der Waals surface area contributed by atoms with Crippen LogP contribution in [-0.4, -0.2) is 24.8 Å². The lowest BCUT2D eigenvalue weighted by Gasteiger charge is -2.08. The van der Waals surface area contributed by atoms with Gasteiger partial charge in [0.15, 0.2) is 5.75 Å². The van der Waals surface area contributed by atoms with E-state index in [4.69, 9.17) is 14.2 Å². The molecule has 0 bridgehead atoms. The largest absolute Gasteiger partial charge is 0.493 e. The van der Waals surface area contributed by atoms with Crippen LogP contribution in [0.3, 0.4) is 0 Å². The quantitative estimate of drug-likeness (QED) is 0.853. The Labute approximate surface area is 107 Å². The number of benzene rings is 1. The van der Waals surface area contributed by atoms with Crippen LogP contribution in [0, 0.1) is 0 Å². The van der Waals surface area contributed by atoms with Crippen molar-refractivity contribution in [1.29, 1.82) is 0 Å². The zero-order valence-corrected chi connectivity index (χ0v) is 11.1. The minimum atomic E-state index is 0.591. The van der Waals surface area contributed by atoms with E-state index in [9.17, 15) is 0 Å². The van der Waals surface area contributed by atoms with E-state index in [0.717, 1.165) is 22.4 Å². The van der Waals surface area contributed by atoms with Crippen LogP contribution >= 0.6 is 0 Å². The van der Waals surface area contributed by atoms with Crippen molar-refractivity contribution < 1.29 is 14.2 Å². The molecule has 0 aliphatic heterocycles. The number of aromatic nitrogens is 1.